The summed E-state index contributed by atoms with van der Waals surface area (Å²) in [6, 6.07) is 1.44. The minimum Gasteiger partial charge on any atom is -0.383 e. The van der Waals surface area contributed by atoms with E-state index in [-0.39, 0.29) is 0 Å². The Morgan fingerprint density at radius 2 is 1.89 bits per heavy atom. The maximum atomic E-state index is 5.28. The van der Waals surface area contributed by atoms with Crippen LogP contribution in [0.5, 0.6) is 0 Å². The number of rotatable bonds is 10. The molecule has 106 valence electrons. The molecule has 0 spiro atoms. The van der Waals surface area contributed by atoms with Gasteiger partial charge in [-0.15, -0.1) is 0 Å². The first kappa shape index (κ1) is 14.3. The van der Waals surface area contributed by atoms with Gasteiger partial charge in [0.25, 0.3) is 0 Å². The predicted octanol–water partition coefficient (Wildman–Crippen LogP) is 2.12. The van der Waals surface area contributed by atoms with Crippen molar-refractivity contribution in [1.82, 2.24) is 10.2 Å². The first-order valence-corrected chi connectivity index (χ1v) is 7.72. The molecule has 2 saturated carbocycles. The summed E-state index contributed by atoms with van der Waals surface area (Å²) in [5.74, 6) is 1.88. The number of hydrogen-bond donors (Lipinski definition) is 1. The molecule has 0 aromatic carbocycles. The molecule has 1 N–H and O–H groups in total. The van der Waals surface area contributed by atoms with E-state index in [1.54, 1.807) is 0 Å². The number of ether oxygens (including phenoxy) is 1. The summed E-state index contributed by atoms with van der Waals surface area (Å²) in [7, 11) is 1.81. The van der Waals surface area contributed by atoms with Crippen molar-refractivity contribution < 1.29 is 4.74 Å². The van der Waals surface area contributed by atoms with Gasteiger partial charge < -0.3 is 10.1 Å². The highest BCUT2D eigenvalue weighted by Crippen LogP contribution is 2.37. The fourth-order valence-corrected chi connectivity index (χ4v) is 2.94. The molecule has 3 nitrogen and oxygen atoms in total. The van der Waals surface area contributed by atoms with Gasteiger partial charge in [-0.2, -0.15) is 0 Å². The number of nitrogens with zero attached hydrogens (tertiary/aromatic N) is 1. The molecule has 0 radical (unpaired) electrons. The third-order valence-electron chi connectivity index (χ3n) is 4.55. The van der Waals surface area contributed by atoms with Gasteiger partial charge in [0.15, 0.2) is 0 Å². The van der Waals surface area contributed by atoms with Crippen LogP contribution in [0.3, 0.4) is 0 Å². The van der Waals surface area contributed by atoms with Crippen molar-refractivity contribution in [3.8, 4) is 0 Å². The fourth-order valence-electron chi connectivity index (χ4n) is 2.94. The van der Waals surface area contributed by atoms with Crippen LogP contribution in [0.25, 0.3) is 0 Å². The molecule has 2 atom stereocenters. The van der Waals surface area contributed by atoms with Crippen molar-refractivity contribution in [2.45, 2.75) is 51.6 Å². The Morgan fingerprint density at radius 1 is 1.22 bits per heavy atom. The molecule has 18 heavy (non-hydrogen) atoms. The van der Waals surface area contributed by atoms with Gasteiger partial charge in [0.1, 0.15) is 0 Å². The zero-order chi connectivity index (χ0) is 13.0. The Kier molecular flexibility index (Phi) is 5.46. The molecular weight excluding hydrogens is 224 g/mol. The molecule has 0 aromatic heterocycles. The van der Waals surface area contributed by atoms with E-state index in [0.29, 0.717) is 6.04 Å². The normalized spacial score (nSPS) is 23.3. The molecule has 2 unspecified atom stereocenters. The summed E-state index contributed by atoms with van der Waals surface area (Å²) in [5.41, 5.74) is 0. The second kappa shape index (κ2) is 6.88. The van der Waals surface area contributed by atoms with E-state index in [1.807, 2.05) is 7.11 Å². The van der Waals surface area contributed by atoms with E-state index in [4.69, 9.17) is 4.74 Å². The van der Waals surface area contributed by atoms with E-state index in [2.05, 4.69) is 24.1 Å². The molecule has 3 heteroatoms. The molecule has 0 amide bonds. The predicted molar refractivity (Wildman–Crippen MR) is 75.8 cm³/mol. The van der Waals surface area contributed by atoms with Crippen LogP contribution in [0, 0.1) is 11.8 Å². The van der Waals surface area contributed by atoms with Gasteiger partial charge in [-0.3, -0.25) is 4.90 Å². The standard InChI is InChI=1S/C15H30N2O/c1-4-16-15(14-7-8-14)11-17(9-10-18-3)12(2)13-5-6-13/h12-16H,4-11H2,1-3H3. The van der Waals surface area contributed by atoms with Crippen molar-refractivity contribution in [2.24, 2.45) is 11.8 Å². The third-order valence-corrected chi connectivity index (χ3v) is 4.55. The van der Waals surface area contributed by atoms with Gasteiger partial charge >= 0.3 is 0 Å². The lowest BCUT2D eigenvalue weighted by Gasteiger charge is -2.33. The molecule has 0 heterocycles. The Balaban J connectivity index is 1.84. The quantitative estimate of drug-likeness (QED) is 0.646. The average molecular weight is 254 g/mol. The fraction of sp³-hybridized carbons (Fsp3) is 1.00. The van der Waals surface area contributed by atoms with Crippen molar-refractivity contribution >= 4 is 0 Å². The van der Waals surface area contributed by atoms with Gasteiger partial charge in [0.2, 0.25) is 0 Å². The molecular formula is C15H30N2O. The monoisotopic (exact) mass is 254 g/mol. The first-order valence-electron chi connectivity index (χ1n) is 7.72. The van der Waals surface area contributed by atoms with Crippen LogP contribution in [-0.4, -0.2) is 50.3 Å². The van der Waals surface area contributed by atoms with Gasteiger partial charge in [-0.1, -0.05) is 6.92 Å². The van der Waals surface area contributed by atoms with Crippen molar-refractivity contribution in [1.29, 1.82) is 0 Å². The van der Waals surface area contributed by atoms with Gasteiger partial charge in [-0.05, 0) is 51.0 Å². The highest BCUT2D eigenvalue weighted by molar-refractivity contribution is 4.92. The van der Waals surface area contributed by atoms with Crippen molar-refractivity contribution in [3.05, 3.63) is 0 Å². The smallest absolute Gasteiger partial charge is 0.0589 e. The second-order valence-corrected chi connectivity index (χ2v) is 6.07. The molecule has 2 rings (SSSR count). The lowest BCUT2D eigenvalue weighted by Crippen LogP contribution is -2.47. The highest BCUT2D eigenvalue weighted by atomic mass is 16.5. The van der Waals surface area contributed by atoms with Crippen LogP contribution < -0.4 is 5.32 Å². The molecule has 2 aliphatic rings. The molecule has 2 aliphatic carbocycles. The number of hydrogen-bond acceptors (Lipinski definition) is 3. The maximum Gasteiger partial charge on any atom is 0.0589 e. The van der Waals surface area contributed by atoms with Crippen LogP contribution in [0.1, 0.15) is 39.5 Å². The zero-order valence-corrected chi connectivity index (χ0v) is 12.3. The third kappa shape index (κ3) is 4.22. The molecule has 0 bridgehead atoms. The lowest BCUT2D eigenvalue weighted by atomic mass is 10.1. The Hall–Kier alpha value is -0.120. The SMILES string of the molecule is CCNC(CN(CCOC)C(C)C1CC1)C1CC1. The minimum absolute atomic E-state index is 0.702. The number of nitrogens with one attached hydrogen (secondary N) is 1. The minimum atomic E-state index is 0.702. The Bertz CT molecular complexity index is 239. The first-order chi connectivity index (χ1) is 8.76. The summed E-state index contributed by atoms with van der Waals surface area (Å²) in [4.78, 5) is 2.66. The summed E-state index contributed by atoms with van der Waals surface area (Å²) in [6.45, 7) is 8.88. The molecule has 2 fully saturated rings. The number of methoxy groups -OCH3 is 1. The summed E-state index contributed by atoms with van der Waals surface area (Å²) >= 11 is 0. The largest absolute Gasteiger partial charge is 0.383 e. The zero-order valence-electron chi connectivity index (χ0n) is 12.3. The van der Waals surface area contributed by atoms with E-state index in [1.165, 1.54) is 32.2 Å². The average Bonchev–Trinajstić information content (AvgIpc) is 3.23. The summed E-state index contributed by atoms with van der Waals surface area (Å²) < 4.78 is 5.28. The van der Waals surface area contributed by atoms with Crippen molar-refractivity contribution in [2.75, 3.05) is 33.4 Å². The molecule has 0 saturated heterocycles. The van der Waals surface area contributed by atoms with Crippen LogP contribution in [0.2, 0.25) is 0 Å². The van der Waals surface area contributed by atoms with E-state index in [0.717, 1.165) is 37.6 Å². The van der Waals surface area contributed by atoms with Gasteiger partial charge in [-0.25, -0.2) is 0 Å². The van der Waals surface area contributed by atoms with Gasteiger partial charge in [0, 0.05) is 32.3 Å². The molecule has 0 aromatic rings. The van der Waals surface area contributed by atoms with Crippen LogP contribution in [0.4, 0.5) is 0 Å². The van der Waals surface area contributed by atoms with Crippen molar-refractivity contribution in [3.63, 3.8) is 0 Å². The Morgan fingerprint density at radius 3 is 2.39 bits per heavy atom. The van der Waals surface area contributed by atoms with Crippen LogP contribution in [0.15, 0.2) is 0 Å². The Labute approximate surface area is 112 Å². The van der Waals surface area contributed by atoms with E-state index < -0.39 is 0 Å². The second-order valence-electron chi connectivity index (χ2n) is 6.07. The van der Waals surface area contributed by atoms with Gasteiger partial charge in [0.05, 0.1) is 6.61 Å². The van der Waals surface area contributed by atoms with E-state index >= 15 is 0 Å². The summed E-state index contributed by atoms with van der Waals surface area (Å²) in [6.07, 6.45) is 5.71. The molecule has 0 aliphatic heterocycles. The maximum absolute atomic E-state index is 5.28. The number of likely N-dealkylation sites (N-methyl/N-ethyl adjacent to an activating group) is 1. The lowest BCUT2D eigenvalue weighted by molar-refractivity contribution is 0.105. The summed E-state index contributed by atoms with van der Waals surface area (Å²) in [5, 5.41) is 3.68. The van der Waals surface area contributed by atoms with Crippen LogP contribution >= 0.6 is 0 Å². The van der Waals surface area contributed by atoms with E-state index in [9.17, 15) is 0 Å². The highest BCUT2D eigenvalue weighted by Gasteiger charge is 2.36. The van der Waals surface area contributed by atoms with Crippen LogP contribution in [-0.2, 0) is 4.74 Å². The topological polar surface area (TPSA) is 24.5 Å².